The van der Waals surface area contributed by atoms with Crippen molar-refractivity contribution in [3.8, 4) is 0 Å². The van der Waals surface area contributed by atoms with Gasteiger partial charge in [0.2, 0.25) is 5.91 Å². The zero-order chi connectivity index (χ0) is 17.5. The van der Waals surface area contributed by atoms with Crippen LogP contribution in [-0.2, 0) is 11.0 Å². The van der Waals surface area contributed by atoms with Crippen molar-refractivity contribution >= 4 is 27.5 Å². The van der Waals surface area contributed by atoms with Gasteiger partial charge in [0, 0.05) is 16.1 Å². The summed E-state index contributed by atoms with van der Waals surface area (Å²) in [6.07, 6.45) is -3.96. The van der Waals surface area contributed by atoms with Gasteiger partial charge in [0.15, 0.2) is 0 Å². The normalized spacial score (nSPS) is 19.9. The Kier molecular flexibility index (Phi) is 4.42. The summed E-state index contributed by atoms with van der Waals surface area (Å²) in [6.45, 7) is 1.86. The van der Waals surface area contributed by atoms with Gasteiger partial charge in [0.05, 0.1) is 5.56 Å². The molecular formula is C18H15BrF3NO. The molecule has 2 unspecified atom stereocenters. The van der Waals surface area contributed by atoms with Crippen LogP contribution in [0.1, 0.15) is 29.0 Å². The lowest BCUT2D eigenvalue weighted by Crippen LogP contribution is -2.16. The number of alkyl halides is 3. The molecule has 3 rings (SSSR count). The van der Waals surface area contributed by atoms with Crippen molar-refractivity contribution in [2.75, 3.05) is 5.32 Å². The Bertz CT molecular complexity index is 788. The SMILES string of the molecule is Cc1cc(Br)ccc1NC(=O)C1CC1c1ccccc1C(F)(F)F. The molecule has 1 fully saturated rings. The molecular weight excluding hydrogens is 383 g/mol. The Morgan fingerprint density at radius 3 is 2.58 bits per heavy atom. The number of hydrogen-bond donors (Lipinski definition) is 1. The standard InChI is InChI=1S/C18H15BrF3NO/c1-10-8-11(19)6-7-16(10)23-17(24)14-9-13(14)12-4-2-3-5-15(12)18(20,21)22/h2-8,13-14H,9H2,1H3,(H,23,24). The molecule has 2 nitrogen and oxygen atoms in total. The van der Waals surface area contributed by atoms with E-state index in [2.05, 4.69) is 21.2 Å². The third kappa shape index (κ3) is 3.48. The molecule has 1 aliphatic rings. The molecule has 6 heteroatoms. The van der Waals surface area contributed by atoms with Crippen LogP contribution in [-0.4, -0.2) is 5.91 Å². The van der Waals surface area contributed by atoms with Gasteiger partial charge in [-0.1, -0.05) is 34.1 Å². The molecule has 0 saturated heterocycles. The maximum absolute atomic E-state index is 13.1. The predicted molar refractivity (Wildman–Crippen MR) is 89.8 cm³/mol. The Morgan fingerprint density at radius 1 is 1.21 bits per heavy atom. The third-order valence-corrected chi connectivity index (χ3v) is 4.73. The molecule has 2 aromatic rings. The van der Waals surface area contributed by atoms with Crippen molar-refractivity contribution in [1.29, 1.82) is 0 Å². The van der Waals surface area contributed by atoms with Crippen LogP contribution < -0.4 is 5.32 Å². The highest BCUT2D eigenvalue weighted by Crippen LogP contribution is 2.51. The van der Waals surface area contributed by atoms with Crippen molar-refractivity contribution in [2.24, 2.45) is 5.92 Å². The minimum atomic E-state index is -4.40. The van der Waals surface area contributed by atoms with E-state index in [1.807, 2.05) is 19.1 Å². The number of carbonyl (C=O) groups excluding carboxylic acids is 1. The number of halogens is 4. The highest BCUT2D eigenvalue weighted by atomic mass is 79.9. The first kappa shape index (κ1) is 17.0. The topological polar surface area (TPSA) is 29.1 Å². The van der Waals surface area contributed by atoms with Gasteiger partial charge in [0.25, 0.3) is 0 Å². The molecule has 126 valence electrons. The van der Waals surface area contributed by atoms with Gasteiger partial charge in [-0.05, 0) is 54.7 Å². The van der Waals surface area contributed by atoms with Gasteiger partial charge in [0.1, 0.15) is 0 Å². The molecule has 1 saturated carbocycles. The van der Waals surface area contributed by atoms with E-state index in [4.69, 9.17) is 0 Å². The van der Waals surface area contributed by atoms with E-state index in [0.29, 0.717) is 12.1 Å². The van der Waals surface area contributed by atoms with Crippen LogP contribution >= 0.6 is 15.9 Å². The summed E-state index contributed by atoms with van der Waals surface area (Å²) < 4.78 is 40.2. The highest BCUT2D eigenvalue weighted by Gasteiger charge is 2.47. The lowest BCUT2D eigenvalue weighted by atomic mass is 10.0. The largest absolute Gasteiger partial charge is 0.416 e. The van der Waals surface area contributed by atoms with Crippen LogP contribution in [0.15, 0.2) is 46.9 Å². The zero-order valence-corrected chi connectivity index (χ0v) is 14.4. The second kappa shape index (κ2) is 6.24. The summed E-state index contributed by atoms with van der Waals surface area (Å²) in [7, 11) is 0. The average Bonchev–Trinajstić information content (AvgIpc) is 3.30. The fourth-order valence-corrected chi connectivity index (χ4v) is 3.38. The molecule has 1 aliphatic carbocycles. The molecule has 0 spiro atoms. The first-order valence-corrected chi connectivity index (χ1v) is 8.30. The minimum Gasteiger partial charge on any atom is -0.326 e. The van der Waals surface area contributed by atoms with Gasteiger partial charge in [-0.3, -0.25) is 4.79 Å². The lowest BCUT2D eigenvalue weighted by molar-refractivity contribution is -0.138. The number of amides is 1. The summed E-state index contributed by atoms with van der Waals surface area (Å²) in [6, 6.07) is 10.9. The number of anilines is 1. The van der Waals surface area contributed by atoms with Crippen LogP contribution in [0.2, 0.25) is 0 Å². The van der Waals surface area contributed by atoms with E-state index >= 15 is 0 Å². The number of hydrogen-bond acceptors (Lipinski definition) is 1. The van der Waals surface area contributed by atoms with E-state index in [1.54, 1.807) is 12.1 Å². The average molecular weight is 398 g/mol. The van der Waals surface area contributed by atoms with Crippen molar-refractivity contribution in [2.45, 2.75) is 25.4 Å². The third-order valence-electron chi connectivity index (χ3n) is 4.24. The van der Waals surface area contributed by atoms with E-state index < -0.39 is 17.7 Å². The quantitative estimate of drug-likeness (QED) is 0.725. The van der Waals surface area contributed by atoms with E-state index in [0.717, 1.165) is 16.1 Å². The van der Waals surface area contributed by atoms with Gasteiger partial charge in [-0.25, -0.2) is 0 Å². The Hall–Kier alpha value is -1.82. The van der Waals surface area contributed by atoms with Gasteiger partial charge in [-0.2, -0.15) is 13.2 Å². The molecule has 0 bridgehead atoms. The number of benzene rings is 2. The fraction of sp³-hybridized carbons (Fsp3) is 0.278. The summed E-state index contributed by atoms with van der Waals surface area (Å²) in [5.41, 5.74) is 1.13. The zero-order valence-electron chi connectivity index (χ0n) is 12.8. The monoisotopic (exact) mass is 397 g/mol. The summed E-state index contributed by atoms with van der Waals surface area (Å²) in [5.74, 6) is -1.03. The fourth-order valence-electron chi connectivity index (χ4n) is 2.90. The van der Waals surface area contributed by atoms with Crippen LogP contribution in [0.4, 0.5) is 18.9 Å². The molecule has 1 amide bonds. The van der Waals surface area contributed by atoms with Crippen molar-refractivity contribution < 1.29 is 18.0 Å². The summed E-state index contributed by atoms with van der Waals surface area (Å²) in [5, 5.41) is 2.82. The molecule has 0 radical (unpaired) electrons. The minimum absolute atomic E-state index is 0.206. The number of aryl methyl sites for hydroxylation is 1. The van der Waals surface area contributed by atoms with Crippen molar-refractivity contribution in [1.82, 2.24) is 0 Å². The van der Waals surface area contributed by atoms with Crippen LogP contribution in [0.3, 0.4) is 0 Å². The van der Waals surface area contributed by atoms with Gasteiger partial charge in [-0.15, -0.1) is 0 Å². The Labute approximate surface area is 146 Å². The second-order valence-electron chi connectivity index (χ2n) is 5.98. The predicted octanol–water partition coefficient (Wildman–Crippen LogP) is 5.52. The number of carbonyl (C=O) groups is 1. The second-order valence-corrected chi connectivity index (χ2v) is 6.90. The van der Waals surface area contributed by atoms with E-state index in [1.165, 1.54) is 12.1 Å². The maximum Gasteiger partial charge on any atom is 0.416 e. The smallest absolute Gasteiger partial charge is 0.326 e. The number of rotatable bonds is 3. The molecule has 0 heterocycles. The first-order chi connectivity index (χ1) is 11.3. The lowest BCUT2D eigenvalue weighted by Gasteiger charge is -2.13. The molecule has 2 aromatic carbocycles. The molecule has 1 N–H and O–H groups in total. The Balaban J connectivity index is 1.75. The summed E-state index contributed by atoms with van der Waals surface area (Å²) >= 11 is 3.35. The van der Waals surface area contributed by atoms with Crippen molar-refractivity contribution in [3.05, 3.63) is 63.6 Å². The number of nitrogens with one attached hydrogen (secondary N) is 1. The molecule has 24 heavy (non-hydrogen) atoms. The van der Waals surface area contributed by atoms with Crippen LogP contribution in [0.5, 0.6) is 0 Å². The summed E-state index contributed by atoms with van der Waals surface area (Å²) in [4.78, 5) is 12.4. The molecule has 0 aliphatic heterocycles. The van der Waals surface area contributed by atoms with Gasteiger partial charge >= 0.3 is 6.18 Å². The first-order valence-electron chi connectivity index (χ1n) is 7.50. The molecule has 0 aromatic heterocycles. The van der Waals surface area contributed by atoms with E-state index in [9.17, 15) is 18.0 Å². The van der Waals surface area contributed by atoms with Crippen molar-refractivity contribution in [3.63, 3.8) is 0 Å². The Morgan fingerprint density at radius 2 is 1.92 bits per heavy atom. The van der Waals surface area contributed by atoms with E-state index in [-0.39, 0.29) is 17.4 Å². The highest BCUT2D eigenvalue weighted by molar-refractivity contribution is 9.10. The van der Waals surface area contributed by atoms with Crippen LogP contribution in [0.25, 0.3) is 0 Å². The molecule has 2 atom stereocenters. The van der Waals surface area contributed by atoms with Gasteiger partial charge < -0.3 is 5.32 Å². The maximum atomic E-state index is 13.1. The van der Waals surface area contributed by atoms with Crippen LogP contribution in [0, 0.1) is 12.8 Å².